The van der Waals surface area contributed by atoms with Crippen LogP contribution >= 0.6 is 0 Å². The number of nitrogens with one attached hydrogen (secondary N) is 1. The fraction of sp³-hybridized carbons (Fsp3) is 0.643. The third-order valence-electron chi connectivity index (χ3n) is 3.28. The van der Waals surface area contributed by atoms with Gasteiger partial charge in [-0.05, 0) is 32.3 Å². The van der Waals surface area contributed by atoms with Crippen LogP contribution in [0.25, 0.3) is 0 Å². The van der Waals surface area contributed by atoms with Crippen LogP contribution in [0.3, 0.4) is 0 Å². The normalized spacial score (nSPS) is 15.2. The fourth-order valence-electron chi connectivity index (χ4n) is 2.31. The van der Waals surface area contributed by atoms with Gasteiger partial charge in [-0.3, -0.25) is 4.79 Å². The van der Waals surface area contributed by atoms with Gasteiger partial charge in [0, 0.05) is 25.9 Å². The predicted molar refractivity (Wildman–Crippen MR) is 76.6 cm³/mol. The molecule has 1 amide bonds. The number of aromatic nitrogens is 2. The van der Waals surface area contributed by atoms with Gasteiger partial charge in [-0.15, -0.1) is 0 Å². The van der Waals surface area contributed by atoms with E-state index in [4.69, 9.17) is 4.74 Å². The van der Waals surface area contributed by atoms with Crippen LogP contribution in [0.2, 0.25) is 0 Å². The highest BCUT2D eigenvalue weighted by atomic mass is 16.5. The molecule has 0 saturated carbocycles. The molecule has 0 aliphatic carbocycles. The van der Waals surface area contributed by atoms with Crippen molar-refractivity contribution < 1.29 is 9.53 Å². The van der Waals surface area contributed by atoms with Gasteiger partial charge in [-0.1, -0.05) is 0 Å². The number of methoxy groups -OCH3 is 1. The number of ether oxygens (including phenoxy) is 1. The van der Waals surface area contributed by atoms with Crippen molar-refractivity contribution in [3.05, 3.63) is 17.5 Å². The summed E-state index contributed by atoms with van der Waals surface area (Å²) in [5.41, 5.74) is 1.76. The molecule has 0 aromatic carbocycles. The van der Waals surface area contributed by atoms with Gasteiger partial charge in [0.15, 0.2) is 0 Å². The summed E-state index contributed by atoms with van der Waals surface area (Å²) in [6.07, 6.45) is 3.66. The van der Waals surface area contributed by atoms with Crippen LogP contribution in [0, 0.1) is 6.92 Å². The first-order valence-electron chi connectivity index (χ1n) is 7.04. The highest BCUT2D eigenvalue weighted by Crippen LogP contribution is 2.16. The maximum absolute atomic E-state index is 11.4. The Morgan fingerprint density at radius 2 is 2.10 bits per heavy atom. The molecule has 0 atom stereocenters. The van der Waals surface area contributed by atoms with E-state index < -0.39 is 0 Å². The Morgan fingerprint density at radius 3 is 2.80 bits per heavy atom. The van der Waals surface area contributed by atoms with Crippen LogP contribution in [0.4, 0.5) is 5.95 Å². The lowest BCUT2D eigenvalue weighted by Crippen LogP contribution is -2.32. The van der Waals surface area contributed by atoms with E-state index >= 15 is 0 Å². The number of piperidine rings is 1. The molecular weight excluding hydrogens is 256 g/mol. The molecular formula is C14H22N4O2. The quantitative estimate of drug-likeness (QED) is 0.871. The van der Waals surface area contributed by atoms with E-state index in [1.165, 1.54) is 26.4 Å². The van der Waals surface area contributed by atoms with Crippen molar-refractivity contribution in [1.82, 2.24) is 15.3 Å². The van der Waals surface area contributed by atoms with Crippen molar-refractivity contribution in [3.8, 4) is 0 Å². The van der Waals surface area contributed by atoms with Crippen molar-refractivity contribution in [2.75, 3.05) is 31.7 Å². The molecule has 6 nitrogen and oxygen atoms in total. The van der Waals surface area contributed by atoms with Crippen LogP contribution in [-0.2, 0) is 16.1 Å². The number of hydrogen-bond acceptors (Lipinski definition) is 5. The van der Waals surface area contributed by atoms with Gasteiger partial charge < -0.3 is 15.0 Å². The van der Waals surface area contributed by atoms with Crippen molar-refractivity contribution >= 4 is 11.9 Å². The van der Waals surface area contributed by atoms with Crippen molar-refractivity contribution in [2.24, 2.45) is 0 Å². The lowest BCUT2D eigenvalue weighted by molar-refractivity contribution is -0.124. The molecule has 1 N–H and O–H groups in total. The molecule has 2 heterocycles. The Kier molecular flexibility index (Phi) is 5.29. The molecule has 2 rings (SSSR count). The van der Waals surface area contributed by atoms with E-state index in [0.717, 1.165) is 30.4 Å². The molecule has 110 valence electrons. The minimum Gasteiger partial charge on any atom is -0.375 e. The van der Waals surface area contributed by atoms with Crippen molar-refractivity contribution in [2.45, 2.75) is 32.7 Å². The SMILES string of the molecule is COCC(=O)NCc1cc(C)nc(N2CCCCC2)n1. The fourth-order valence-corrected chi connectivity index (χ4v) is 2.31. The Balaban J connectivity index is 2.02. The minimum atomic E-state index is -0.136. The first kappa shape index (κ1) is 14.7. The van der Waals surface area contributed by atoms with Gasteiger partial charge in [0.1, 0.15) is 6.61 Å². The first-order valence-corrected chi connectivity index (χ1v) is 7.04. The first-order chi connectivity index (χ1) is 9.69. The summed E-state index contributed by atoms with van der Waals surface area (Å²) in [6, 6.07) is 1.90. The van der Waals surface area contributed by atoms with Crippen LogP contribution in [-0.4, -0.2) is 42.7 Å². The van der Waals surface area contributed by atoms with E-state index in [2.05, 4.69) is 20.2 Å². The maximum atomic E-state index is 11.4. The monoisotopic (exact) mass is 278 g/mol. The zero-order valence-electron chi connectivity index (χ0n) is 12.2. The smallest absolute Gasteiger partial charge is 0.246 e. The molecule has 1 aromatic heterocycles. The molecule has 1 aromatic rings. The molecule has 0 spiro atoms. The second-order valence-electron chi connectivity index (χ2n) is 5.06. The number of nitrogens with zero attached hydrogens (tertiary/aromatic N) is 3. The Morgan fingerprint density at radius 1 is 1.35 bits per heavy atom. The molecule has 0 radical (unpaired) electrons. The van der Waals surface area contributed by atoms with E-state index in [9.17, 15) is 4.79 Å². The number of carbonyl (C=O) groups excluding carboxylic acids is 1. The van der Waals surface area contributed by atoms with Crippen LogP contribution in [0.15, 0.2) is 6.07 Å². The molecule has 0 unspecified atom stereocenters. The summed E-state index contributed by atoms with van der Waals surface area (Å²) >= 11 is 0. The summed E-state index contributed by atoms with van der Waals surface area (Å²) in [5.74, 6) is 0.643. The van der Waals surface area contributed by atoms with E-state index in [1.807, 2.05) is 13.0 Å². The Labute approximate surface area is 119 Å². The van der Waals surface area contributed by atoms with Gasteiger partial charge >= 0.3 is 0 Å². The lowest BCUT2D eigenvalue weighted by atomic mass is 10.1. The third-order valence-corrected chi connectivity index (χ3v) is 3.28. The second-order valence-corrected chi connectivity index (χ2v) is 5.06. The van der Waals surface area contributed by atoms with Gasteiger partial charge in [-0.2, -0.15) is 0 Å². The summed E-state index contributed by atoms with van der Waals surface area (Å²) in [5, 5.41) is 2.78. The number of anilines is 1. The summed E-state index contributed by atoms with van der Waals surface area (Å²) in [6.45, 7) is 4.46. The molecule has 1 fully saturated rings. The van der Waals surface area contributed by atoms with E-state index in [0.29, 0.717) is 6.54 Å². The number of amides is 1. The van der Waals surface area contributed by atoms with E-state index in [1.54, 1.807) is 0 Å². The van der Waals surface area contributed by atoms with Crippen LogP contribution in [0.5, 0.6) is 0 Å². The summed E-state index contributed by atoms with van der Waals surface area (Å²) in [7, 11) is 1.50. The molecule has 1 aliphatic rings. The number of rotatable bonds is 5. The largest absolute Gasteiger partial charge is 0.375 e. The van der Waals surface area contributed by atoms with Gasteiger partial charge in [0.05, 0.1) is 12.2 Å². The molecule has 20 heavy (non-hydrogen) atoms. The Hall–Kier alpha value is -1.69. The lowest BCUT2D eigenvalue weighted by Gasteiger charge is -2.27. The third kappa shape index (κ3) is 4.16. The van der Waals surface area contributed by atoms with Crippen molar-refractivity contribution in [3.63, 3.8) is 0 Å². The number of carbonyl (C=O) groups is 1. The van der Waals surface area contributed by atoms with Gasteiger partial charge in [0.25, 0.3) is 0 Å². The van der Waals surface area contributed by atoms with E-state index in [-0.39, 0.29) is 12.5 Å². The predicted octanol–water partition coefficient (Wildman–Crippen LogP) is 1.04. The highest BCUT2D eigenvalue weighted by molar-refractivity contribution is 5.77. The highest BCUT2D eigenvalue weighted by Gasteiger charge is 2.14. The minimum absolute atomic E-state index is 0.0725. The van der Waals surface area contributed by atoms with Crippen LogP contribution in [0.1, 0.15) is 30.7 Å². The zero-order valence-corrected chi connectivity index (χ0v) is 12.2. The second kappa shape index (κ2) is 7.19. The molecule has 1 aliphatic heterocycles. The molecule has 1 saturated heterocycles. The summed E-state index contributed by atoms with van der Waals surface area (Å²) in [4.78, 5) is 22.7. The average Bonchev–Trinajstić information content (AvgIpc) is 2.46. The number of aryl methyl sites for hydroxylation is 1. The molecule has 0 bridgehead atoms. The van der Waals surface area contributed by atoms with Crippen molar-refractivity contribution in [1.29, 1.82) is 0 Å². The van der Waals surface area contributed by atoms with Crippen LogP contribution < -0.4 is 10.2 Å². The molecule has 6 heteroatoms. The van der Waals surface area contributed by atoms with Gasteiger partial charge in [0.2, 0.25) is 11.9 Å². The van der Waals surface area contributed by atoms with Gasteiger partial charge in [-0.25, -0.2) is 9.97 Å². The zero-order chi connectivity index (χ0) is 14.4. The Bertz CT molecular complexity index is 458. The topological polar surface area (TPSA) is 67.3 Å². The average molecular weight is 278 g/mol. The number of hydrogen-bond donors (Lipinski definition) is 1. The maximum Gasteiger partial charge on any atom is 0.246 e. The standard InChI is InChI=1S/C14H22N4O2/c1-11-8-12(9-15-13(19)10-20-2)17-14(16-11)18-6-4-3-5-7-18/h8H,3-7,9-10H2,1-2H3,(H,15,19). The summed E-state index contributed by atoms with van der Waals surface area (Å²) < 4.78 is 4.78.